The Kier molecular flexibility index (Phi) is 4.52. The van der Waals surface area contributed by atoms with E-state index in [-0.39, 0.29) is 12.8 Å². The summed E-state index contributed by atoms with van der Waals surface area (Å²) in [7, 11) is 0. The summed E-state index contributed by atoms with van der Waals surface area (Å²) in [5, 5.41) is 2.19. The lowest BCUT2D eigenvalue weighted by Crippen LogP contribution is -2.16. The van der Waals surface area contributed by atoms with Gasteiger partial charge in [-0.1, -0.05) is 55.8 Å². The van der Waals surface area contributed by atoms with Gasteiger partial charge >= 0.3 is 0 Å². The Bertz CT molecular complexity index is 526. The summed E-state index contributed by atoms with van der Waals surface area (Å²) in [4.78, 5) is 0. The third-order valence-corrected chi connectivity index (χ3v) is 3.43. The van der Waals surface area contributed by atoms with Crippen LogP contribution in [0.3, 0.4) is 0 Å². The van der Waals surface area contributed by atoms with Crippen LogP contribution in [0, 0.1) is 6.92 Å². The molecule has 2 aromatic rings. The number of fused-ring (bicyclic) bond motifs is 1. The first-order chi connectivity index (χ1) is 9.12. The first-order valence-corrected chi connectivity index (χ1v) is 6.76. The zero-order chi connectivity index (χ0) is 13.7. The van der Waals surface area contributed by atoms with Gasteiger partial charge in [-0.15, -0.1) is 0 Å². The average molecular weight is 261 g/mol. The summed E-state index contributed by atoms with van der Waals surface area (Å²) >= 11 is 0. The lowest BCUT2D eigenvalue weighted by atomic mass is 9.98. The number of unbranched alkanes of at least 4 members (excludes halogenated alkanes) is 1. The van der Waals surface area contributed by atoms with Crippen LogP contribution in [-0.4, -0.2) is 5.92 Å². The number of rotatable bonds is 6. The highest BCUT2D eigenvalue weighted by molar-refractivity contribution is 5.85. The van der Waals surface area contributed by atoms with Gasteiger partial charge in [-0.05, 0) is 29.2 Å². The SMILES string of the molecule is [CH2]CCCC(F)(F)CCc1cccc2ccccc12. The van der Waals surface area contributed by atoms with E-state index in [2.05, 4.69) is 6.92 Å². The number of alkyl halides is 2. The summed E-state index contributed by atoms with van der Waals surface area (Å²) in [5.74, 6) is -2.57. The standard InChI is InChI=1S/C17H19F2/c1-2-3-12-17(18,19)13-11-15-9-6-8-14-7-4-5-10-16(14)15/h4-10H,1-3,11-13H2. The van der Waals surface area contributed by atoms with Gasteiger partial charge in [0.05, 0.1) is 0 Å². The molecule has 19 heavy (non-hydrogen) atoms. The third-order valence-electron chi connectivity index (χ3n) is 3.43. The minimum atomic E-state index is -2.57. The van der Waals surface area contributed by atoms with Crippen molar-refractivity contribution < 1.29 is 8.78 Å². The van der Waals surface area contributed by atoms with Crippen LogP contribution in [0.4, 0.5) is 8.78 Å². The average Bonchev–Trinajstić information content (AvgIpc) is 2.43. The number of halogens is 2. The summed E-state index contributed by atoms with van der Waals surface area (Å²) in [6, 6.07) is 13.8. The van der Waals surface area contributed by atoms with E-state index in [1.807, 2.05) is 42.5 Å². The molecule has 0 bridgehead atoms. The first kappa shape index (κ1) is 14.0. The first-order valence-electron chi connectivity index (χ1n) is 6.76. The molecule has 0 heterocycles. The largest absolute Gasteiger partial charge is 0.248 e. The van der Waals surface area contributed by atoms with Gasteiger partial charge in [0.25, 0.3) is 0 Å². The van der Waals surface area contributed by atoms with Crippen LogP contribution >= 0.6 is 0 Å². The van der Waals surface area contributed by atoms with E-state index in [0.29, 0.717) is 19.3 Å². The van der Waals surface area contributed by atoms with Crippen LogP contribution in [-0.2, 0) is 6.42 Å². The Morgan fingerprint density at radius 3 is 2.47 bits per heavy atom. The second kappa shape index (κ2) is 6.14. The van der Waals surface area contributed by atoms with Crippen molar-refractivity contribution in [2.45, 2.75) is 38.0 Å². The molecule has 0 N–H and O–H groups in total. The third kappa shape index (κ3) is 3.76. The van der Waals surface area contributed by atoms with Crippen molar-refractivity contribution in [3.8, 4) is 0 Å². The van der Waals surface area contributed by atoms with E-state index < -0.39 is 5.92 Å². The van der Waals surface area contributed by atoms with Gasteiger partial charge < -0.3 is 0 Å². The van der Waals surface area contributed by atoms with E-state index in [1.54, 1.807) is 0 Å². The van der Waals surface area contributed by atoms with Crippen molar-refractivity contribution in [3.05, 3.63) is 55.0 Å². The highest BCUT2D eigenvalue weighted by Gasteiger charge is 2.27. The van der Waals surface area contributed by atoms with Gasteiger partial charge in [-0.25, -0.2) is 8.78 Å². The van der Waals surface area contributed by atoms with Gasteiger partial charge in [0.15, 0.2) is 0 Å². The number of aryl methyl sites for hydroxylation is 1. The second-order valence-corrected chi connectivity index (χ2v) is 4.95. The van der Waals surface area contributed by atoms with Crippen molar-refractivity contribution in [2.24, 2.45) is 0 Å². The molecule has 2 heteroatoms. The molecule has 0 saturated heterocycles. The Morgan fingerprint density at radius 1 is 0.947 bits per heavy atom. The quantitative estimate of drug-likeness (QED) is 0.652. The summed E-state index contributed by atoms with van der Waals surface area (Å²) in [6.07, 6.45) is 1.35. The van der Waals surface area contributed by atoms with Crippen LogP contribution < -0.4 is 0 Å². The van der Waals surface area contributed by atoms with Crippen LogP contribution in [0.2, 0.25) is 0 Å². The Hall–Kier alpha value is -1.44. The van der Waals surface area contributed by atoms with Gasteiger partial charge in [0.2, 0.25) is 5.92 Å². The molecule has 0 atom stereocenters. The summed E-state index contributed by atoms with van der Waals surface area (Å²) in [6.45, 7) is 3.61. The molecule has 0 aromatic heterocycles. The lowest BCUT2D eigenvalue weighted by molar-refractivity contribution is -0.0172. The Labute approximate surface area is 113 Å². The molecule has 0 saturated carbocycles. The topological polar surface area (TPSA) is 0 Å². The minimum Gasteiger partial charge on any atom is -0.207 e. The Morgan fingerprint density at radius 2 is 1.68 bits per heavy atom. The molecular formula is C17H19F2. The van der Waals surface area contributed by atoms with Crippen LogP contribution in [0.5, 0.6) is 0 Å². The molecule has 0 spiro atoms. The fourth-order valence-electron chi connectivity index (χ4n) is 2.34. The van der Waals surface area contributed by atoms with Crippen LogP contribution in [0.1, 0.15) is 31.2 Å². The number of hydrogen-bond acceptors (Lipinski definition) is 0. The van der Waals surface area contributed by atoms with Crippen LogP contribution in [0.15, 0.2) is 42.5 Å². The molecular weight excluding hydrogens is 242 g/mol. The summed E-state index contributed by atoms with van der Waals surface area (Å²) in [5.41, 5.74) is 1.01. The van der Waals surface area contributed by atoms with Crippen molar-refractivity contribution in [2.75, 3.05) is 0 Å². The van der Waals surface area contributed by atoms with Crippen molar-refractivity contribution in [1.82, 2.24) is 0 Å². The Balaban J connectivity index is 2.09. The molecule has 0 fully saturated rings. The molecule has 0 nitrogen and oxygen atoms in total. The maximum Gasteiger partial charge on any atom is 0.248 e. The normalized spacial score (nSPS) is 11.9. The lowest BCUT2D eigenvalue weighted by Gasteiger charge is -2.16. The maximum absolute atomic E-state index is 13.7. The maximum atomic E-state index is 13.7. The van der Waals surface area contributed by atoms with Gasteiger partial charge in [0, 0.05) is 12.8 Å². The molecule has 1 radical (unpaired) electrons. The van der Waals surface area contributed by atoms with Crippen molar-refractivity contribution >= 4 is 10.8 Å². The van der Waals surface area contributed by atoms with Gasteiger partial charge in [0.1, 0.15) is 0 Å². The second-order valence-electron chi connectivity index (χ2n) is 4.95. The number of hydrogen-bond donors (Lipinski definition) is 0. The molecule has 0 aliphatic heterocycles. The van der Waals surface area contributed by atoms with E-state index in [1.165, 1.54) is 0 Å². The smallest absolute Gasteiger partial charge is 0.207 e. The van der Waals surface area contributed by atoms with Crippen molar-refractivity contribution in [3.63, 3.8) is 0 Å². The van der Waals surface area contributed by atoms with E-state index >= 15 is 0 Å². The minimum absolute atomic E-state index is 0.0543. The zero-order valence-corrected chi connectivity index (χ0v) is 11.0. The van der Waals surface area contributed by atoms with Gasteiger partial charge in [-0.2, -0.15) is 0 Å². The zero-order valence-electron chi connectivity index (χ0n) is 11.0. The van der Waals surface area contributed by atoms with Crippen molar-refractivity contribution in [1.29, 1.82) is 0 Å². The van der Waals surface area contributed by atoms with E-state index in [9.17, 15) is 8.78 Å². The molecule has 0 aliphatic rings. The highest BCUT2D eigenvalue weighted by Crippen LogP contribution is 2.29. The summed E-state index contributed by atoms with van der Waals surface area (Å²) < 4.78 is 27.3. The fraction of sp³-hybridized carbons (Fsp3) is 0.353. The molecule has 0 aliphatic carbocycles. The van der Waals surface area contributed by atoms with Crippen LogP contribution in [0.25, 0.3) is 10.8 Å². The molecule has 101 valence electrons. The molecule has 2 rings (SSSR count). The van der Waals surface area contributed by atoms with Gasteiger partial charge in [-0.3, -0.25) is 0 Å². The molecule has 0 amide bonds. The number of benzene rings is 2. The highest BCUT2D eigenvalue weighted by atomic mass is 19.3. The predicted octanol–water partition coefficient (Wildman–Crippen LogP) is 5.41. The fourth-order valence-corrected chi connectivity index (χ4v) is 2.34. The van der Waals surface area contributed by atoms with E-state index in [4.69, 9.17) is 0 Å². The monoisotopic (exact) mass is 261 g/mol. The molecule has 2 aromatic carbocycles. The predicted molar refractivity (Wildman–Crippen MR) is 76.4 cm³/mol. The van der Waals surface area contributed by atoms with E-state index in [0.717, 1.165) is 16.3 Å². The molecule has 0 unspecified atom stereocenters.